The molecular formula is C12H12N2O4S. The molecule has 0 atom stereocenters. The lowest BCUT2D eigenvalue weighted by molar-refractivity contribution is 0.0651. The molecule has 0 saturated carbocycles. The number of amides is 1. The molecule has 0 fully saturated rings. The van der Waals surface area contributed by atoms with Gasteiger partial charge in [0.15, 0.2) is 5.69 Å². The van der Waals surface area contributed by atoms with Gasteiger partial charge >= 0.3 is 5.97 Å². The summed E-state index contributed by atoms with van der Waals surface area (Å²) in [5.41, 5.74) is -0.0373. The van der Waals surface area contributed by atoms with Crippen LogP contribution in [0.1, 0.15) is 37.7 Å². The molecule has 2 N–H and O–H groups in total. The van der Waals surface area contributed by atoms with Crippen LogP contribution in [0.15, 0.2) is 22.7 Å². The number of nitrogens with one attached hydrogen (secondary N) is 1. The van der Waals surface area contributed by atoms with Gasteiger partial charge in [-0.3, -0.25) is 4.79 Å². The summed E-state index contributed by atoms with van der Waals surface area (Å²) in [4.78, 5) is 24.6. The second-order valence-corrected chi connectivity index (χ2v) is 5.04. The highest BCUT2D eigenvalue weighted by molar-refractivity contribution is 7.11. The van der Waals surface area contributed by atoms with Gasteiger partial charge in [-0.05, 0) is 18.6 Å². The number of carbonyl (C=O) groups excluding carboxylic acids is 1. The predicted molar refractivity (Wildman–Crippen MR) is 68.3 cm³/mol. The quantitative estimate of drug-likeness (QED) is 0.873. The number of carbonyl (C=O) groups is 2. The van der Waals surface area contributed by atoms with Crippen molar-refractivity contribution in [2.45, 2.75) is 19.9 Å². The molecular weight excluding hydrogens is 268 g/mol. The normalized spacial score (nSPS) is 10.4. The van der Waals surface area contributed by atoms with Crippen molar-refractivity contribution in [3.63, 3.8) is 0 Å². The molecule has 2 aromatic heterocycles. The van der Waals surface area contributed by atoms with Crippen LogP contribution in [-0.4, -0.2) is 22.1 Å². The highest BCUT2D eigenvalue weighted by Crippen LogP contribution is 2.16. The van der Waals surface area contributed by atoms with Gasteiger partial charge in [-0.2, -0.15) is 0 Å². The highest BCUT2D eigenvalue weighted by Gasteiger charge is 2.16. The smallest absolute Gasteiger partial charge is 0.374 e. The van der Waals surface area contributed by atoms with Gasteiger partial charge in [-0.1, -0.05) is 12.1 Å². The molecule has 0 aliphatic carbocycles. The molecule has 0 bridgehead atoms. The van der Waals surface area contributed by atoms with Crippen LogP contribution < -0.4 is 5.32 Å². The maximum absolute atomic E-state index is 11.7. The number of rotatable bonds is 5. The first-order valence-electron chi connectivity index (χ1n) is 5.66. The summed E-state index contributed by atoms with van der Waals surface area (Å²) in [7, 11) is 0. The number of carboxylic acid groups (broad SMARTS) is 1. The van der Waals surface area contributed by atoms with Gasteiger partial charge in [0.05, 0.1) is 6.54 Å². The third-order valence-corrected chi connectivity index (χ3v) is 3.67. The van der Waals surface area contributed by atoms with Crippen LogP contribution in [0, 0.1) is 0 Å². The summed E-state index contributed by atoms with van der Waals surface area (Å²) in [5, 5.41) is 14.7. The zero-order valence-electron chi connectivity index (χ0n) is 10.2. The fourth-order valence-electron chi connectivity index (χ4n) is 1.45. The molecule has 19 heavy (non-hydrogen) atoms. The molecule has 1 amide bonds. The van der Waals surface area contributed by atoms with Crippen LogP contribution in [0.2, 0.25) is 0 Å². The molecule has 0 radical (unpaired) electrons. The summed E-state index contributed by atoms with van der Waals surface area (Å²) in [6.45, 7) is 2.45. The van der Waals surface area contributed by atoms with E-state index in [9.17, 15) is 9.59 Å². The van der Waals surface area contributed by atoms with Gasteiger partial charge in [0.1, 0.15) is 0 Å². The number of nitrogens with zero attached hydrogens (tertiary/aromatic N) is 1. The monoisotopic (exact) mass is 280 g/mol. The van der Waals surface area contributed by atoms with Gasteiger partial charge in [-0.15, -0.1) is 11.3 Å². The van der Waals surface area contributed by atoms with Crippen molar-refractivity contribution in [2.75, 3.05) is 0 Å². The Bertz CT molecular complexity index is 602. The van der Waals surface area contributed by atoms with Crippen molar-refractivity contribution < 1.29 is 19.2 Å². The van der Waals surface area contributed by atoms with Gasteiger partial charge in [0, 0.05) is 15.8 Å². The maximum atomic E-state index is 11.7. The molecule has 2 aromatic rings. The lowest BCUT2D eigenvalue weighted by atomic mass is 10.3. The summed E-state index contributed by atoms with van der Waals surface area (Å²) < 4.78 is 4.51. The van der Waals surface area contributed by atoms with E-state index in [1.54, 1.807) is 11.3 Å². The largest absolute Gasteiger partial charge is 0.475 e. The zero-order valence-corrected chi connectivity index (χ0v) is 11.0. The number of aromatic nitrogens is 1. The minimum Gasteiger partial charge on any atom is -0.475 e. The Labute approximate surface area is 113 Å². The lowest BCUT2D eigenvalue weighted by Crippen LogP contribution is -2.22. The van der Waals surface area contributed by atoms with Gasteiger partial charge < -0.3 is 14.9 Å². The van der Waals surface area contributed by atoms with Crippen molar-refractivity contribution in [1.29, 1.82) is 0 Å². The van der Waals surface area contributed by atoms with E-state index in [1.807, 2.05) is 12.1 Å². The number of hydrogen-bond donors (Lipinski definition) is 2. The van der Waals surface area contributed by atoms with E-state index in [1.165, 1.54) is 4.88 Å². The highest BCUT2D eigenvalue weighted by atomic mass is 32.1. The second kappa shape index (κ2) is 5.66. The van der Waals surface area contributed by atoms with Gasteiger partial charge in [0.25, 0.3) is 5.91 Å². The lowest BCUT2D eigenvalue weighted by Gasteiger charge is -1.99. The summed E-state index contributed by atoms with van der Waals surface area (Å²) >= 11 is 1.63. The topological polar surface area (TPSA) is 92.4 Å². The molecule has 0 aliphatic rings. The van der Waals surface area contributed by atoms with Crippen LogP contribution in [0.25, 0.3) is 0 Å². The Balaban J connectivity index is 1.95. The number of carboxylic acids is 1. The molecule has 0 unspecified atom stereocenters. The SMILES string of the molecule is CCc1ccc(CNC(=O)c2cc(C(=O)O)on2)s1. The molecule has 0 spiro atoms. The van der Waals surface area contributed by atoms with Crippen LogP contribution in [0.5, 0.6) is 0 Å². The second-order valence-electron chi connectivity index (χ2n) is 3.79. The van der Waals surface area contributed by atoms with Crippen LogP contribution in [0.3, 0.4) is 0 Å². The van der Waals surface area contributed by atoms with Crippen molar-refractivity contribution >= 4 is 23.2 Å². The average molecular weight is 280 g/mol. The van der Waals surface area contributed by atoms with E-state index >= 15 is 0 Å². The molecule has 0 saturated heterocycles. The summed E-state index contributed by atoms with van der Waals surface area (Å²) in [5.74, 6) is -2.06. The minimum atomic E-state index is -1.25. The van der Waals surface area contributed by atoms with E-state index in [-0.39, 0.29) is 11.5 Å². The molecule has 6 nitrogen and oxygen atoms in total. The van der Waals surface area contributed by atoms with E-state index in [0.717, 1.165) is 17.4 Å². The summed E-state index contributed by atoms with van der Waals surface area (Å²) in [6.07, 6.45) is 0.962. The van der Waals surface area contributed by atoms with E-state index < -0.39 is 11.9 Å². The third kappa shape index (κ3) is 3.19. The third-order valence-electron chi connectivity index (χ3n) is 2.44. The zero-order chi connectivity index (χ0) is 13.8. The maximum Gasteiger partial charge on any atom is 0.374 e. The molecule has 2 rings (SSSR count). The van der Waals surface area contributed by atoms with Crippen molar-refractivity contribution in [2.24, 2.45) is 0 Å². The number of thiophene rings is 1. The standard InChI is InChI=1S/C12H12N2O4S/c1-2-7-3-4-8(19-7)6-13-11(15)9-5-10(12(16)17)18-14-9/h3-5H,2,6H2,1H3,(H,13,15)(H,16,17). The van der Waals surface area contributed by atoms with Crippen molar-refractivity contribution in [3.8, 4) is 0 Å². The van der Waals surface area contributed by atoms with E-state index in [0.29, 0.717) is 6.54 Å². The van der Waals surface area contributed by atoms with E-state index in [4.69, 9.17) is 5.11 Å². The fraction of sp³-hybridized carbons (Fsp3) is 0.250. The Kier molecular flexibility index (Phi) is 3.96. The van der Waals surface area contributed by atoms with Crippen LogP contribution in [0.4, 0.5) is 0 Å². The van der Waals surface area contributed by atoms with E-state index in [2.05, 4.69) is 21.9 Å². The summed E-state index contributed by atoms with van der Waals surface area (Å²) in [6, 6.07) is 5.07. The van der Waals surface area contributed by atoms with Crippen molar-refractivity contribution in [3.05, 3.63) is 39.4 Å². The predicted octanol–water partition coefficient (Wildman–Crippen LogP) is 1.93. The molecule has 2 heterocycles. The first kappa shape index (κ1) is 13.3. The Morgan fingerprint density at radius 2 is 2.16 bits per heavy atom. The fourth-order valence-corrected chi connectivity index (χ4v) is 2.35. The van der Waals surface area contributed by atoms with Crippen LogP contribution >= 0.6 is 11.3 Å². The van der Waals surface area contributed by atoms with Gasteiger partial charge in [-0.25, -0.2) is 4.79 Å². The molecule has 100 valence electrons. The first-order valence-corrected chi connectivity index (χ1v) is 6.47. The Morgan fingerprint density at radius 3 is 2.74 bits per heavy atom. The van der Waals surface area contributed by atoms with Gasteiger partial charge in [0.2, 0.25) is 5.76 Å². The number of aryl methyl sites for hydroxylation is 1. The molecule has 0 aromatic carbocycles. The minimum absolute atomic E-state index is 0.0373. The Hall–Kier alpha value is -2.15. The van der Waals surface area contributed by atoms with Crippen LogP contribution in [-0.2, 0) is 13.0 Å². The average Bonchev–Trinajstić information content (AvgIpc) is 3.04. The van der Waals surface area contributed by atoms with Crippen molar-refractivity contribution in [1.82, 2.24) is 10.5 Å². The number of aromatic carboxylic acids is 1. The first-order chi connectivity index (χ1) is 9.10. The number of hydrogen-bond acceptors (Lipinski definition) is 5. The Morgan fingerprint density at radius 1 is 1.42 bits per heavy atom. The molecule has 0 aliphatic heterocycles. The molecule has 7 heteroatoms.